The molecule has 0 spiro atoms. The Morgan fingerprint density at radius 3 is 2.21 bits per heavy atom. The van der Waals surface area contributed by atoms with E-state index >= 15 is 0 Å². The molecule has 2 N–H and O–H groups in total. The average molecular weight is 501 g/mol. The van der Waals surface area contributed by atoms with E-state index in [0.29, 0.717) is 5.56 Å². The number of amides is 2. The highest BCUT2D eigenvalue weighted by atomic mass is 35.5. The van der Waals surface area contributed by atoms with Crippen molar-refractivity contribution in [2.75, 3.05) is 5.32 Å². The van der Waals surface area contributed by atoms with Crippen molar-refractivity contribution in [2.45, 2.75) is 52.1 Å². The molecule has 0 bridgehead atoms. The number of carbonyl (C=O) groups excluding carboxylic acids is 3. The number of hydrogen-bond acceptors (Lipinski definition) is 5. The Hall–Kier alpha value is -3.27. The zero-order chi connectivity index (χ0) is 25.7. The van der Waals surface area contributed by atoms with E-state index in [9.17, 15) is 27.6 Å². The fourth-order valence-corrected chi connectivity index (χ4v) is 3.09. The predicted molar refractivity (Wildman–Crippen MR) is 120 cm³/mol. The number of benzene rings is 2. The molecule has 7 nitrogen and oxygen atoms in total. The molecule has 2 rings (SSSR count). The number of ether oxygens (including phenoxy) is 2. The zero-order valence-electron chi connectivity index (χ0n) is 18.9. The van der Waals surface area contributed by atoms with Crippen molar-refractivity contribution >= 4 is 35.1 Å². The van der Waals surface area contributed by atoms with Crippen LogP contribution in [0.1, 0.15) is 43.6 Å². The molecular formula is C23H24ClF3N2O5. The molecule has 0 aromatic heterocycles. The van der Waals surface area contributed by atoms with Crippen LogP contribution in [0.4, 0.5) is 23.7 Å². The van der Waals surface area contributed by atoms with Gasteiger partial charge in [-0.05, 0) is 63.6 Å². The number of rotatable bonds is 7. The first-order valence-electron chi connectivity index (χ1n) is 10.1. The van der Waals surface area contributed by atoms with Gasteiger partial charge in [-0.2, -0.15) is 0 Å². The van der Waals surface area contributed by atoms with Crippen molar-refractivity contribution in [1.82, 2.24) is 5.32 Å². The number of carbonyl (C=O) groups is 3. The molecule has 0 unspecified atom stereocenters. The third-order valence-electron chi connectivity index (χ3n) is 4.25. The van der Waals surface area contributed by atoms with Gasteiger partial charge in [-0.15, -0.1) is 13.2 Å². The second-order valence-corrected chi connectivity index (χ2v) is 8.72. The third kappa shape index (κ3) is 8.58. The summed E-state index contributed by atoms with van der Waals surface area (Å²) in [5.74, 6) is -1.50. The highest BCUT2D eigenvalue weighted by molar-refractivity contribution is 6.34. The van der Waals surface area contributed by atoms with E-state index in [1.54, 1.807) is 32.9 Å². The molecule has 2 amide bonds. The largest absolute Gasteiger partial charge is 0.573 e. The van der Waals surface area contributed by atoms with Crippen LogP contribution < -0.4 is 15.4 Å². The maximum absolute atomic E-state index is 12.8. The van der Waals surface area contributed by atoms with Gasteiger partial charge in [-0.25, -0.2) is 4.79 Å². The minimum absolute atomic E-state index is 0.0256. The second kappa shape index (κ2) is 10.8. The number of Topliss-reactive ketones (excluding diaryl/α,β-unsaturated/α-hetero) is 1. The fourth-order valence-electron chi connectivity index (χ4n) is 2.81. The second-order valence-electron chi connectivity index (χ2n) is 8.31. The smallest absolute Gasteiger partial charge is 0.444 e. The van der Waals surface area contributed by atoms with E-state index in [0.717, 1.165) is 12.1 Å². The Balaban J connectivity index is 2.12. The van der Waals surface area contributed by atoms with Gasteiger partial charge in [0.2, 0.25) is 0 Å². The van der Waals surface area contributed by atoms with Gasteiger partial charge < -0.3 is 20.1 Å². The summed E-state index contributed by atoms with van der Waals surface area (Å²) in [6, 6.07) is 8.23. The number of alkyl halides is 3. The first kappa shape index (κ1) is 27.0. The molecule has 11 heteroatoms. The van der Waals surface area contributed by atoms with E-state index in [1.165, 1.54) is 25.1 Å². The van der Waals surface area contributed by atoms with Gasteiger partial charge in [-0.3, -0.25) is 9.59 Å². The van der Waals surface area contributed by atoms with Crippen LogP contribution in [0, 0.1) is 0 Å². The monoisotopic (exact) mass is 500 g/mol. The topological polar surface area (TPSA) is 93.7 Å². The Kier molecular flexibility index (Phi) is 8.55. The number of hydrogen-bond donors (Lipinski definition) is 2. The average Bonchev–Trinajstić information content (AvgIpc) is 2.66. The number of halogens is 4. The van der Waals surface area contributed by atoms with Crippen molar-refractivity contribution in [3.05, 3.63) is 58.6 Å². The summed E-state index contributed by atoms with van der Waals surface area (Å²) in [6.45, 7) is 6.55. The van der Waals surface area contributed by atoms with Gasteiger partial charge in [-0.1, -0.05) is 23.7 Å². The van der Waals surface area contributed by atoms with E-state index in [1.807, 2.05) is 0 Å². The molecule has 184 valence electrons. The molecule has 2 aromatic carbocycles. The molecule has 2 aromatic rings. The predicted octanol–water partition coefficient (Wildman–Crippen LogP) is 5.52. The number of anilines is 1. The van der Waals surface area contributed by atoms with E-state index in [-0.39, 0.29) is 22.7 Å². The minimum atomic E-state index is -4.83. The Morgan fingerprint density at radius 1 is 1.03 bits per heavy atom. The van der Waals surface area contributed by atoms with Crippen LogP contribution in [0.5, 0.6) is 5.75 Å². The first-order chi connectivity index (χ1) is 15.6. The van der Waals surface area contributed by atoms with Gasteiger partial charge in [0.05, 0.1) is 16.6 Å². The SMILES string of the molecule is C[C@H](NC(=O)OC(C)(C)C)C(=O)Cc1cccc(Cl)c1C(=O)Nc1ccc(OC(F)(F)F)cc1. The molecule has 0 saturated carbocycles. The van der Waals surface area contributed by atoms with Crippen LogP contribution in [0.3, 0.4) is 0 Å². The maximum Gasteiger partial charge on any atom is 0.573 e. The summed E-state index contributed by atoms with van der Waals surface area (Å²) >= 11 is 6.20. The highest BCUT2D eigenvalue weighted by Gasteiger charge is 2.31. The first-order valence-corrected chi connectivity index (χ1v) is 10.5. The van der Waals surface area contributed by atoms with Crippen molar-refractivity contribution in [1.29, 1.82) is 0 Å². The van der Waals surface area contributed by atoms with Crippen LogP contribution >= 0.6 is 11.6 Å². The van der Waals surface area contributed by atoms with Crippen molar-refractivity contribution in [3.63, 3.8) is 0 Å². The molecule has 1 atom stereocenters. The van der Waals surface area contributed by atoms with E-state index < -0.39 is 41.5 Å². The van der Waals surface area contributed by atoms with Crippen molar-refractivity contribution < 1.29 is 37.0 Å². The summed E-state index contributed by atoms with van der Waals surface area (Å²) in [4.78, 5) is 37.4. The molecule has 0 radical (unpaired) electrons. The Morgan fingerprint density at radius 2 is 1.65 bits per heavy atom. The van der Waals surface area contributed by atoms with Gasteiger partial charge >= 0.3 is 12.5 Å². The molecular weight excluding hydrogens is 477 g/mol. The summed E-state index contributed by atoms with van der Waals surface area (Å²) in [6.07, 6.45) is -5.80. The number of ketones is 1. The highest BCUT2D eigenvalue weighted by Crippen LogP contribution is 2.26. The lowest BCUT2D eigenvalue weighted by Gasteiger charge is -2.21. The lowest BCUT2D eigenvalue weighted by Crippen LogP contribution is -2.42. The number of nitrogens with one attached hydrogen (secondary N) is 2. The molecule has 34 heavy (non-hydrogen) atoms. The third-order valence-corrected chi connectivity index (χ3v) is 4.57. The molecule has 0 heterocycles. The minimum Gasteiger partial charge on any atom is -0.444 e. The lowest BCUT2D eigenvalue weighted by molar-refractivity contribution is -0.274. The lowest BCUT2D eigenvalue weighted by atomic mass is 9.99. The van der Waals surface area contributed by atoms with E-state index in [4.69, 9.17) is 16.3 Å². The van der Waals surface area contributed by atoms with Gasteiger partial charge in [0, 0.05) is 12.1 Å². The van der Waals surface area contributed by atoms with Crippen LogP contribution in [0.15, 0.2) is 42.5 Å². The Bertz CT molecular complexity index is 1050. The van der Waals surface area contributed by atoms with Gasteiger partial charge in [0.1, 0.15) is 11.4 Å². The standard InChI is InChI=1S/C23H24ClF3N2O5/c1-13(28-21(32)34-22(2,3)4)18(30)12-14-6-5-7-17(24)19(14)20(31)29-15-8-10-16(11-9-15)33-23(25,26)27/h5-11,13H,12H2,1-4H3,(H,28,32)(H,29,31)/t13-/m0/s1. The van der Waals surface area contributed by atoms with Crippen LogP contribution in [-0.2, 0) is 16.0 Å². The number of alkyl carbamates (subject to hydrolysis) is 1. The van der Waals surface area contributed by atoms with Gasteiger partial charge in [0.25, 0.3) is 5.91 Å². The van der Waals surface area contributed by atoms with Gasteiger partial charge in [0.15, 0.2) is 5.78 Å². The quantitative estimate of drug-likeness (QED) is 0.522. The fraction of sp³-hybridized carbons (Fsp3) is 0.348. The Labute approximate surface area is 199 Å². The maximum atomic E-state index is 12.8. The van der Waals surface area contributed by atoms with Crippen molar-refractivity contribution in [3.8, 4) is 5.75 Å². The summed E-state index contributed by atoms with van der Waals surface area (Å²) in [5.41, 5.74) is -0.207. The van der Waals surface area contributed by atoms with Crippen LogP contribution in [-0.4, -0.2) is 35.8 Å². The molecule has 0 saturated heterocycles. The van der Waals surface area contributed by atoms with Crippen LogP contribution in [0.25, 0.3) is 0 Å². The normalized spacial score (nSPS) is 12.5. The van der Waals surface area contributed by atoms with Crippen LogP contribution in [0.2, 0.25) is 5.02 Å². The molecule has 0 aliphatic rings. The zero-order valence-corrected chi connectivity index (χ0v) is 19.6. The molecule has 0 aliphatic heterocycles. The molecule has 0 fully saturated rings. The van der Waals surface area contributed by atoms with Crippen molar-refractivity contribution in [2.24, 2.45) is 0 Å². The van der Waals surface area contributed by atoms with E-state index in [2.05, 4.69) is 15.4 Å². The summed E-state index contributed by atoms with van der Waals surface area (Å²) < 4.78 is 45.8. The molecule has 0 aliphatic carbocycles. The summed E-state index contributed by atoms with van der Waals surface area (Å²) in [7, 11) is 0. The summed E-state index contributed by atoms with van der Waals surface area (Å²) in [5, 5.41) is 5.05.